The largest absolute Gasteiger partial charge is 0.416 e. The zero-order valence-electron chi connectivity index (χ0n) is 25.8. The van der Waals surface area contributed by atoms with Crippen LogP contribution in [0.4, 0.5) is 0 Å². The first-order chi connectivity index (χ1) is 23.8. The van der Waals surface area contributed by atoms with E-state index < -0.39 is 0 Å². The Labute approximate surface area is 276 Å². The van der Waals surface area contributed by atoms with Crippen LogP contribution in [0.15, 0.2) is 168 Å². The lowest BCUT2D eigenvalue weighted by Gasteiger charge is -2.17. The molecule has 0 spiro atoms. The van der Waals surface area contributed by atoms with Crippen LogP contribution in [0.25, 0.3) is 93.8 Å². The predicted molar refractivity (Wildman–Crippen MR) is 197 cm³/mol. The second kappa shape index (κ2) is 10.5. The van der Waals surface area contributed by atoms with Gasteiger partial charge in [-0.2, -0.15) is 0 Å². The number of aromatic nitrogens is 3. The molecule has 0 bridgehead atoms. The number of fused-ring (bicyclic) bond motifs is 10. The van der Waals surface area contributed by atoms with Gasteiger partial charge in [0.05, 0.1) is 11.0 Å². The minimum atomic E-state index is 0.505. The van der Waals surface area contributed by atoms with Crippen LogP contribution in [0.1, 0.15) is 0 Å². The van der Waals surface area contributed by atoms with Crippen LogP contribution in [0.3, 0.4) is 0 Å². The van der Waals surface area contributed by atoms with E-state index in [1.165, 1.54) is 59.7 Å². The van der Waals surface area contributed by atoms with E-state index in [0.29, 0.717) is 11.8 Å². The molecule has 8 aromatic carbocycles. The van der Waals surface area contributed by atoms with E-state index in [9.17, 15) is 0 Å². The van der Waals surface area contributed by atoms with E-state index in [1.807, 2.05) is 30.3 Å². The number of hydrogen-bond acceptors (Lipinski definition) is 3. The predicted octanol–water partition coefficient (Wildman–Crippen LogP) is 11.6. The van der Waals surface area contributed by atoms with Crippen molar-refractivity contribution in [3.63, 3.8) is 0 Å². The third kappa shape index (κ3) is 3.96. The highest BCUT2D eigenvalue weighted by Gasteiger charge is 2.21. The molecule has 0 aliphatic rings. The molecule has 2 heterocycles. The Morgan fingerprint density at radius 3 is 1.60 bits per heavy atom. The van der Waals surface area contributed by atoms with Crippen LogP contribution >= 0.6 is 0 Å². The smallest absolute Gasteiger partial charge is 0.248 e. The third-order valence-corrected chi connectivity index (χ3v) is 9.55. The Hall–Kier alpha value is -6.52. The molecule has 0 fully saturated rings. The maximum Gasteiger partial charge on any atom is 0.248 e. The summed E-state index contributed by atoms with van der Waals surface area (Å²) in [6, 6.07) is 57.9. The van der Waals surface area contributed by atoms with Gasteiger partial charge in [-0.25, -0.2) is 0 Å². The Balaban J connectivity index is 1.25. The molecule has 0 radical (unpaired) electrons. The van der Waals surface area contributed by atoms with Crippen molar-refractivity contribution in [1.82, 2.24) is 14.8 Å². The quantitative estimate of drug-likeness (QED) is 0.186. The number of benzene rings is 8. The topological polar surface area (TPSA) is 43.9 Å². The minimum absolute atomic E-state index is 0.505. The summed E-state index contributed by atoms with van der Waals surface area (Å²) >= 11 is 0. The molecule has 0 amide bonds. The highest BCUT2D eigenvalue weighted by Crippen LogP contribution is 2.46. The minimum Gasteiger partial charge on any atom is -0.416 e. The average molecular weight is 614 g/mol. The first kappa shape index (κ1) is 26.7. The van der Waals surface area contributed by atoms with Crippen molar-refractivity contribution >= 4 is 54.1 Å². The van der Waals surface area contributed by atoms with Gasteiger partial charge in [-0.15, -0.1) is 10.2 Å². The summed E-state index contributed by atoms with van der Waals surface area (Å²) in [6.07, 6.45) is 0. The first-order valence-corrected chi connectivity index (χ1v) is 16.2. The third-order valence-electron chi connectivity index (χ3n) is 9.55. The zero-order chi connectivity index (χ0) is 31.6. The number of nitrogens with zero attached hydrogens (tertiary/aromatic N) is 3. The molecule has 0 atom stereocenters. The Bertz CT molecular complexity index is 2810. The van der Waals surface area contributed by atoms with Crippen molar-refractivity contribution in [2.45, 2.75) is 0 Å². The van der Waals surface area contributed by atoms with E-state index in [2.05, 4.69) is 148 Å². The molecule has 4 nitrogen and oxygen atoms in total. The molecule has 0 aliphatic heterocycles. The van der Waals surface area contributed by atoms with E-state index in [4.69, 9.17) is 4.42 Å². The standard InChI is InChI=1S/C44H27N3O/c1-3-13-29(14-4-1)43-45-46-44(48-43)30-25-23-28(24-26-30)37-27-38-33-18-8-10-20-35(33)40-36-21-11-12-22-39(36)47(31-15-5-2-6-16-31)42(40)41(38)34-19-9-7-17-32(34)37/h1-27H. The summed E-state index contributed by atoms with van der Waals surface area (Å²) in [5, 5.41) is 18.6. The van der Waals surface area contributed by atoms with Gasteiger partial charge in [0, 0.05) is 33.0 Å². The van der Waals surface area contributed by atoms with Gasteiger partial charge < -0.3 is 8.98 Å². The monoisotopic (exact) mass is 613 g/mol. The average Bonchev–Trinajstić information content (AvgIpc) is 3.79. The fourth-order valence-electron chi connectivity index (χ4n) is 7.44. The maximum atomic E-state index is 6.07. The first-order valence-electron chi connectivity index (χ1n) is 16.2. The van der Waals surface area contributed by atoms with Crippen molar-refractivity contribution in [3.05, 3.63) is 164 Å². The Morgan fingerprint density at radius 2 is 0.896 bits per heavy atom. The lowest BCUT2D eigenvalue weighted by Crippen LogP contribution is -1.95. The molecular weight excluding hydrogens is 587 g/mol. The van der Waals surface area contributed by atoms with Gasteiger partial charge in [-0.3, -0.25) is 0 Å². The molecule has 0 saturated carbocycles. The van der Waals surface area contributed by atoms with Gasteiger partial charge in [0.25, 0.3) is 0 Å². The van der Waals surface area contributed by atoms with E-state index >= 15 is 0 Å². The van der Waals surface area contributed by atoms with Gasteiger partial charge >= 0.3 is 0 Å². The lowest BCUT2D eigenvalue weighted by atomic mass is 9.89. The van der Waals surface area contributed by atoms with Gasteiger partial charge in [0.2, 0.25) is 11.8 Å². The molecule has 0 aliphatic carbocycles. The van der Waals surface area contributed by atoms with E-state index in [1.54, 1.807) is 0 Å². The molecule has 4 heteroatoms. The maximum absolute atomic E-state index is 6.07. The van der Waals surface area contributed by atoms with Crippen LogP contribution in [-0.2, 0) is 0 Å². The molecule has 2 aromatic heterocycles. The Morgan fingerprint density at radius 1 is 0.396 bits per heavy atom. The van der Waals surface area contributed by atoms with Gasteiger partial charge in [-0.1, -0.05) is 115 Å². The number of para-hydroxylation sites is 2. The van der Waals surface area contributed by atoms with Crippen molar-refractivity contribution in [2.75, 3.05) is 0 Å². The van der Waals surface area contributed by atoms with Crippen LogP contribution in [0, 0.1) is 0 Å². The van der Waals surface area contributed by atoms with Crippen molar-refractivity contribution in [3.8, 4) is 39.7 Å². The summed E-state index contributed by atoms with van der Waals surface area (Å²) in [6.45, 7) is 0. The molecule has 10 aromatic rings. The van der Waals surface area contributed by atoms with Gasteiger partial charge in [-0.05, 0) is 86.6 Å². The van der Waals surface area contributed by atoms with Crippen LogP contribution in [0.5, 0.6) is 0 Å². The summed E-state index contributed by atoms with van der Waals surface area (Å²) < 4.78 is 8.52. The van der Waals surface area contributed by atoms with Crippen LogP contribution in [-0.4, -0.2) is 14.8 Å². The zero-order valence-corrected chi connectivity index (χ0v) is 25.8. The van der Waals surface area contributed by atoms with Gasteiger partial charge in [0.15, 0.2) is 0 Å². The summed E-state index contributed by atoms with van der Waals surface area (Å²) in [4.78, 5) is 0. The molecule has 0 unspecified atom stereocenters. The number of rotatable bonds is 4. The highest BCUT2D eigenvalue weighted by molar-refractivity contribution is 6.37. The molecule has 48 heavy (non-hydrogen) atoms. The van der Waals surface area contributed by atoms with Crippen LogP contribution in [0.2, 0.25) is 0 Å². The number of hydrogen-bond donors (Lipinski definition) is 0. The summed E-state index contributed by atoms with van der Waals surface area (Å²) in [5.74, 6) is 1.02. The molecule has 0 N–H and O–H groups in total. The normalized spacial score (nSPS) is 11.8. The SMILES string of the molecule is c1ccc(-c2nnc(-c3ccc(-c4cc5c6ccccc6c6c7ccccc7n(-c7ccccc7)c6c5c5ccccc45)cc3)o2)cc1. The lowest BCUT2D eigenvalue weighted by molar-refractivity contribution is 0.584. The van der Waals surface area contributed by atoms with E-state index in [-0.39, 0.29) is 0 Å². The molecule has 10 rings (SSSR count). The fraction of sp³-hybridized carbons (Fsp3) is 0. The molecule has 0 saturated heterocycles. The van der Waals surface area contributed by atoms with E-state index in [0.717, 1.165) is 22.4 Å². The van der Waals surface area contributed by atoms with Crippen molar-refractivity contribution in [2.24, 2.45) is 0 Å². The second-order valence-electron chi connectivity index (χ2n) is 12.2. The highest BCUT2D eigenvalue weighted by atomic mass is 16.4. The Kier molecular flexibility index (Phi) is 5.84. The second-order valence-corrected chi connectivity index (χ2v) is 12.2. The molecular formula is C44H27N3O. The van der Waals surface area contributed by atoms with Crippen molar-refractivity contribution in [1.29, 1.82) is 0 Å². The summed E-state index contributed by atoms with van der Waals surface area (Å²) in [5.41, 5.74) is 7.71. The van der Waals surface area contributed by atoms with Crippen LogP contribution < -0.4 is 0 Å². The molecule has 224 valence electrons. The summed E-state index contributed by atoms with van der Waals surface area (Å²) in [7, 11) is 0. The van der Waals surface area contributed by atoms with Gasteiger partial charge in [0.1, 0.15) is 0 Å². The fourth-order valence-corrected chi connectivity index (χ4v) is 7.44. The van der Waals surface area contributed by atoms with Crippen molar-refractivity contribution < 1.29 is 4.42 Å².